The van der Waals surface area contributed by atoms with Gasteiger partial charge in [-0.1, -0.05) is 47.7 Å². The lowest BCUT2D eigenvalue weighted by Gasteiger charge is -2.10. The molecule has 1 N–H and O–H groups in total. The molecule has 8 heteroatoms. The summed E-state index contributed by atoms with van der Waals surface area (Å²) >= 11 is 1.25. The van der Waals surface area contributed by atoms with E-state index in [1.54, 1.807) is 16.6 Å². The third-order valence-electron chi connectivity index (χ3n) is 5.02. The highest BCUT2D eigenvalue weighted by atomic mass is 32.2. The number of aromatic nitrogens is 4. The fourth-order valence-corrected chi connectivity index (χ4v) is 3.92. The Kier molecular flexibility index (Phi) is 5.99. The van der Waals surface area contributed by atoms with Crippen LogP contribution in [0.1, 0.15) is 28.1 Å². The molecule has 2 heterocycles. The Morgan fingerprint density at radius 1 is 1.06 bits per heavy atom. The molecule has 2 aromatic carbocycles. The summed E-state index contributed by atoms with van der Waals surface area (Å²) in [6, 6.07) is 14.4. The van der Waals surface area contributed by atoms with E-state index in [2.05, 4.69) is 20.4 Å². The summed E-state index contributed by atoms with van der Waals surface area (Å²) in [6.07, 6.45) is 0.425. The third-order valence-corrected chi connectivity index (χ3v) is 5.86. The highest BCUT2D eigenvalue weighted by Gasteiger charge is 2.16. The van der Waals surface area contributed by atoms with Crippen LogP contribution in [0.25, 0.3) is 5.78 Å². The van der Waals surface area contributed by atoms with Crippen molar-refractivity contribution in [3.63, 3.8) is 0 Å². The largest absolute Gasteiger partial charge is 0.325 e. The van der Waals surface area contributed by atoms with Crippen LogP contribution < -0.4 is 5.32 Å². The Morgan fingerprint density at radius 2 is 1.81 bits per heavy atom. The number of thioether (sulfide) groups is 1. The first kappa shape index (κ1) is 21.0. The molecule has 0 saturated heterocycles. The van der Waals surface area contributed by atoms with E-state index in [9.17, 15) is 9.18 Å². The number of carbonyl (C=O) groups is 1. The third kappa shape index (κ3) is 4.74. The van der Waals surface area contributed by atoms with E-state index in [1.165, 1.54) is 17.8 Å². The summed E-state index contributed by atoms with van der Waals surface area (Å²) in [5.41, 5.74) is 5.05. The van der Waals surface area contributed by atoms with Gasteiger partial charge in [0.15, 0.2) is 0 Å². The van der Waals surface area contributed by atoms with Crippen molar-refractivity contribution in [1.29, 1.82) is 0 Å². The van der Waals surface area contributed by atoms with Gasteiger partial charge >= 0.3 is 0 Å². The number of hydrogen-bond donors (Lipinski definition) is 1. The van der Waals surface area contributed by atoms with Crippen molar-refractivity contribution in [2.75, 3.05) is 11.1 Å². The minimum Gasteiger partial charge on any atom is -0.325 e. The van der Waals surface area contributed by atoms with Crippen molar-refractivity contribution in [3.05, 3.63) is 82.4 Å². The second-order valence-electron chi connectivity index (χ2n) is 7.34. The van der Waals surface area contributed by atoms with Gasteiger partial charge in [0.1, 0.15) is 5.82 Å². The number of fused-ring (bicyclic) bond motifs is 1. The van der Waals surface area contributed by atoms with Crippen molar-refractivity contribution >= 4 is 29.1 Å². The molecule has 0 aliphatic carbocycles. The fraction of sp³-hybridized carbons (Fsp3) is 0.217. The molecule has 0 atom stereocenters. The van der Waals surface area contributed by atoms with Gasteiger partial charge in [0.25, 0.3) is 5.78 Å². The molecule has 0 saturated carbocycles. The first-order chi connectivity index (χ1) is 14.9. The van der Waals surface area contributed by atoms with Crippen molar-refractivity contribution in [3.8, 4) is 0 Å². The number of carbonyl (C=O) groups excluding carboxylic acids is 1. The zero-order valence-electron chi connectivity index (χ0n) is 17.5. The van der Waals surface area contributed by atoms with Crippen LogP contribution in [0.4, 0.5) is 10.1 Å². The lowest BCUT2D eigenvalue weighted by molar-refractivity contribution is -0.113. The van der Waals surface area contributed by atoms with Crippen LogP contribution >= 0.6 is 11.8 Å². The number of benzene rings is 2. The van der Waals surface area contributed by atoms with Crippen LogP contribution in [-0.4, -0.2) is 31.2 Å². The number of halogens is 1. The summed E-state index contributed by atoms with van der Waals surface area (Å²) in [6.45, 7) is 5.81. The van der Waals surface area contributed by atoms with Crippen LogP contribution in [-0.2, 0) is 11.2 Å². The lowest BCUT2D eigenvalue weighted by Crippen LogP contribution is -2.14. The van der Waals surface area contributed by atoms with E-state index in [0.717, 1.165) is 28.2 Å². The van der Waals surface area contributed by atoms with Gasteiger partial charge in [0, 0.05) is 23.5 Å². The quantitative estimate of drug-likeness (QED) is 0.451. The molecule has 0 unspecified atom stereocenters. The second-order valence-corrected chi connectivity index (χ2v) is 8.28. The average molecular weight is 436 g/mol. The topological polar surface area (TPSA) is 72.2 Å². The molecular formula is C23H22FN5OS. The first-order valence-electron chi connectivity index (χ1n) is 9.86. The van der Waals surface area contributed by atoms with E-state index >= 15 is 0 Å². The van der Waals surface area contributed by atoms with Gasteiger partial charge < -0.3 is 5.32 Å². The van der Waals surface area contributed by atoms with E-state index in [0.29, 0.717) is 22.9 Å². The molecule has 0 fully saturated rings. The van der Waals surface area contributed by atoms with Gasteiger partial charge in [0.05, 0.1) is 5.75 Å². The summed E-state index contributed by atoms with van der Waals surface area (Å²) in [7, 11) is 0. The molecule has 31 heavy (non-hydrogen) atoms. The Balaban J connectivity index is 1.50. The van der Waals surface area contributed by atoms with Crippen molar-refractivity contribution in [2.24, 2.45) is 0 Å². The minimum absolute atomic E-state index is 0.131. The Hall–Kier alpha value is -3.26. The van der Waals surface area contributed by atoms with Gasteiger partial charge in [-0.3, -0.25) is 4.79 Å². The lowest BCUT2D eigenvalue weighted by atomic mass is 10.0. The molecule has 0 aliphatic heterocycles. The van der Waals surface area contributed by atoms with Crippen molar-refractivity contribution in [2.45, 2.75) is 32.3 Å². The van der Waals surface area contributed by atoms with Gasteiger partial charge in [-0.05, 0) is 50.1 Å². The predicted molar refractivity (Wildman–Crippen MR) is 120 cm³/mol. The maximum absolute atomic E-state index is 14.1. The van der Waals surface area contributed by atoms with E-state index in [-0.39, 0.29) is 17.5 Å². The zero-order valence-corrected chi connectivity index (χ0v) is 18.3. The molecule has 2 aromatic heterocycles. The van der Waals surface area contributed by atoms with Crippen LogP contribution in [0.5, 0.6) is 0 Å². The number of amides is 1. The monoisotopic (exact) mass is 435 g/mol. The smallest absolute Gasteiger partial charge is 0.253 e. The zero-order chi connectivity index (χ0) is 22.0. The van der Waals surface area contributed by atoms with Crippen molar-refractivity contribution in [1.82, 2.24) is 19.6 Å². The fourth-order valence-electron chi connectivity index (χ4n) is 3.30. The van der Waals surface area contributed by atoms with Gasteiger partial charge in [-0.2, -0.15) is 4.98 Å². The number of rotatable bonds is 6. The summed E-state index contributed by atoms with van der Waals surface area (Å²) in [5.74, 6) is 0.281. The molecule has 0 spiro atoms. The standard InChI is InChI=1S/C23H22FN5OS/c1-14-8-10-18(11-9-14)26-21(30)13-31-23-27-22-25-15(2)19(16(3)29(22)28-23)12-17-6-4-5-7-20(17)24/h4-11H,12-13H2,1-3H3,(H,26,30). The number of nitrogens with one attached hydrogen (secondary N) is 1. The molecule has 0 aliphatic rings. The minimum atomic E-state index is -0.240. The van der Waals surface area contributed by atoms with Crippen LogP contribution in [0, 0.1) is 26.6 Å². The molecule has 6 nitrogen and oxygen atoms in total. The van der Waals surface area contributed by atoms with E-state index in [1.807, 2.05) is 51.1 Å². The SMILES string of the molecule is Cc1ccc(NC(=O)CSc2nc3nc(C)c(Cc4ccccc4F)c(C)n3n2)cc1. The molecular weight excluding hydrogens is 413 g/mol. The summed E-state index contributed by atoms with van der Waals surface area (Å²) in [4.78, 5) is 21.2. The molecule has 0 radical (unpaired) electrons. The van der Waals surface area contributed by atoms with Gasteiger partial charge in [0.2, 0.25) is 11.1 Å². The maximum Gasteiger partial charge on any atom is 0.253 e. The maximum atomic E-state index is 14.1. The van der Waals surface area contributed by atoms with E-state index in [4.69, 9.17) is 0 Å². The van der Waals surface area contributed by atoms with Crippen molar-refractivity contribution < 1.29 is 9.18 Å². The van der Waals surface area contributed by atoms with Gasteiger partial charge in [-0.15, -0.1) is 5.10 Å². The number of anilines is 1. The molecule has 158 valence electrons. The molecule has 4 rings (SSSR count). The highest BCUT2D eigenvalue weighted by molar-refractivity contribution is 7.99. The average Bonchev–Trinajstić information content (AvgIpc) is 3.15. The highest BCUT2D eigenvalue weighted by Crippen LogP contribution is 2.22. The van der Waals surface area contributed by atoms with Crippen LogP contribution in [0.3, 0.4) is 0 Å². The Labute approximate surface area is 183 Å². The summed E-state index contributed by atoms with van der Waals surface area (Å²) in [5, 5.41) is 7.83. The van der Waals surface area contributed by atoms with Crippen LogP contribution in [0.2, 0.25) is 0 Å². The normalized spacial score (nSPS) is 11.1. The Bertz CT molecular complexity index is 1250. The van der Waals surface area contributed by atoms with Crippen LogP contribution in [0.15, 0.2) is 53.7 Å². The van der Waals surface area contributed by atoms with Gasteiger partial charge in [-0.25, -0.2) is 13.9 Å². The molecule has 0 bridgehead atoms. The molecule has 4 aromatic rings. The molecule has 1 amide bonds. The van der Waals surface area contributed by atoms with E-state index < -0.39 is 0 Å². The predicted octanol–water partition coefficient (Wildman–Crippen LogP) is 4.51. The Morgan fingerprint density at radius 3 is 2.55 bits per heavy atom. The first-order valence-corrected chi connectivity index (χ1v) is 10.8. The number of aryl methyl sites for hydroxylation is 3. The summed E-state index contributed by atoms with van der Waals surface area (Å²) < 4.78 is 15.8. The number of nitrogens with zero attached hydrogens (tertiary/aromatic N) is 4. The number of hydrogen-bond acceptors (Lipinski definition) is 5. The second kappa shape index (κ2) is 8.85.